The van der Waals surface area contributed by atoms with Gasteiger partial charge in [0.25, 0.3) is 0 Å². The number of piperazine rings is 1. The molecule has 1 fully saturated rings. The molecule has 0 unspecified atom stereocenters. The first-order chi connectivity index (χ1) is 13.1. The highest BCUT2D eigenvalue weighted by Gasteiger charge is 2.27. The molecule has 1 amide bonds. The summed E-state index contributed by atoms with van der Waals surface area (Å²) in [5.74, 6) is -0.134. The number of hydrogen-bond donors (Lipinski definition) is 0. The summed E-state index contributed by atoms with van der Waals surface area (Å²) in [6, 6.07) is 12.7. The fourth-order valence-electron chi connectivity index (χ4n) is 3.87. The summed E-state index contributed by atoms with van der Waals surface area (Å²) in [5.41, 5.74) is 3.26. The minimum Gasteiger partial charge on any atom is -0.311 e. The zero-order valence-corrected chi connectivity index (χ0v) is 16.0. The van der Waals surface area contributed by atoms with E-state index in [0.29, 0.717) is 18.1 Å². The Morgan fingerprint density at radius 3 is 2.52 bits per heavy atom. The van der Waals surface area contributed by atoms with Gasteiger partial charge in [0, 0.05) is 50.0 Å². The van der Waals surface area contributed by atoms with E-state index in [1.165, 1.54) is 17.7 Å². The molecule has 142 valence electrons. The number of nitrogens with zero attached hydrogens (tertiary/aromatic N) is 3. The summed E-state index contributed by atoms with van der Waals surface area (Å²) in [5, 5.41) is 0.473. The summed E-state index contributed by atoms with van der Waals surface area (Å²) < 4.78 is 13.2. The number of carbonyl (C=O) groups excluding carboxylic acids is 1. The minimum absolute atomic E-state index is 0.176. The second kappa shape index (κ2) is 7.97. The number of anilines is 1. The molecule has 6 heteroatoms. The van der Waals surface area contributed by atoms with Crippen LogP contribution in [0.4, 0.5) is 10.1 Å². The standard InChI is InChI=1S/C21H23ClFN3O/c22-19-13-18(23)6-5-17(19)14-24-9-11-25(12-10-24)15-21(27)26-8-7-16-3-1-2-4-20(16)26/h1-6,13H,7-12,14-15H2. The van der Waals surface area contributed by atoms with Crippen molar-refractivity contribution in [2.24, 2.45) is 0 Å². The van der Waals surface area contributed by atoms with Gasteiger partial charge in [-0.3, -0.25) is 14.6 Å². The van der Waals surface area contributed by atoms with E-state index in [4.69, 9.17) is 11.6 Å². The van der Waals surface area contributed by atoms with Gasteiger partial charge in [0.05, 0.1) is 6.54 Å². The van der Waals surface area contributed by atoms with Gasteiger partial charge < -0.3 is 4.90 Å². The molecule has 2 heterocycles. The Hall–Kier alpha value is -1.95. The van der Waals surface area contributed by atoms with Gasteiger partial charge in [-0.15, -0.1) is 0 Å². The Labute approximate surface area is 164 Å². The fourth-order valence-corrected chi connectivity index (χ4v) is 4.10. The smallest absolute Gasteiger partial charge is 0.241 e. The van der Waals surface area contributed by atoms with Crippen LogP contribution in [-0.4, -0.2) is 55.0 Å². The maximum Gasteiger partial charge on any atom is 0.241 e. The molecule has 0 atom stereocenters. The minimum atomic E-state index is -0.310. The number of fused-ring (bicyclic) bond motifs is 1. The quantitative estimate of drug-likeness (QED) is 0.806. The van der Waals surface area contributed by atoms with Crippen molar-refractivity contribution in [3.8, 4) is 0 Å². The highest BCUT2D eigenvalue weighted by Crippen LogP contribution is 2.27. The Bertz CT molecular complexity index is 836. The molecule has 4 rings (SSSR count). The van der Waals surface area contributed by atoms with Crippen molar-refractivity contribution in [1.29, 1.82) is 0 Å². The molecule has 27 heavy (non-hydrogen) atoms. The van der Waals surface area contributed by atoms with Crippen molar-refractivity contribution >= 4 is 23.2 Å². The largest absolute Gasteiger partial charge is 0.311 e. The van der Waals surface area contributed by atoms with Crippen molar-refractivity contribution < 1.29 is 9.18 Å². The number of amides is 1. The van der Waals surface area contributed by atoms with Gasteiger partial charge in [0.15, 0.2) is 0 Å². The average Bonchev–Trinajstić information content (AvgIpc) is 3.10. The summed E-state index contributed by atoms with van der Waals surface area (Å²) in [7, 11) is 0. The highest BCUT2D eigenvalue weighted by atomic mass is 35.5. The molecule has 0 bridgehead atoms. The monoisotopic (exact) mass is 387 g/mol. The van der Waals surface area contributed by atoms with Crippen molar-refractivity contribution in [3.63, 3.8) is 0 Å². The Morgan fingerprint density at radius 1 is 1.00 bits per heavy atom. The van der Waals surface area contributed by atoms with Crippen LogP contribution in [-0.2, 0) is 17.8 Å². The lowest BCUT2D eigenvalue weighted by Gasteiger charge is -2.35. The number of para-hydroxylation sites is 1. The van der Waals surface area contributed by atoms with Gasteiger partial charge in [0.2, 0.25) is 5.91 Å². The molecular formula is C21H23ClFN3O. The van der Waals surface area contributed by atoms with E-state index in [-0.39, 0.29) is 11.7 Å². The third kappa shape index (κ3) is 4.15. The van der Waals surface area contributed by atoms with Crippen LogP contribution in [0.2, 0.25) is 5.02 Å². The number of benzene rings is 2. The van der Waals surface area contributed by atoms with E-state index in [2.05, 4.69) is 15.9 Å². The molecule has 0 aromatic heterocycles. The van der Waals surface area contributed by atoms with Crippen LogP contribution in [0.25, 0.3) is 0 Å². The molecule has 2 aromatic carbocycles. The zero-order chi connectivity index (χ0) is 18.8. The molecule has 2 aliphatic heterocycles. The van der Waals surface area contributed by atoms with Gasteiger partial charge >= 0.3 is 0 Å². The van der Waals surface area contributed by atoms with Gasteiger partial charge in [0.1, 0.15) is 5.82 Å². The maximum atomic E-state index is 13.2. The molecule has 0 N–H and O–H groups in total. The Morgan fingerprint density at radius 2 is 1.74 bits per heavy atom. The molecule has 0 aliphatic carbocycles. The van der Waals surface area contributed by atoms with Crippen molar-refractivity contribution in [3.05, 3.63) is 64.4 Å². The number of hydrogen-bond acceptors (Lipinski definition) is 3. The van der Waals surface area contributed by atoms with E-state index < -0.39 is 0 Å². The lowest BCUT2D eigenvalue weighted by Crippen LogP contribution is -2.49. The lowest BCUT2D eigenvalue weighted by molar-refractivity contribution is -0.120. The number of rotatable bonds is 4. The molecule has 2 aliphatic rings. The van der Waals surface area contributed by atoms with Gasteiger partial charge in [-0.05, 0) is 35.7 Å². The van der Waals surface area contributed by atoms with Gasteiger partial charge in [-0.25, -0.2) is 4.39 Å². The number of halogens is 2. The van der Waals surface area contributed by atoms with Crippen LogP contribution in [0.5, 0.6) is 0 Å². The third-order valence-electron chi connectivity index (χ3n) is 5.42. The third-order valence-corrected chi connectivity index (χ3v) is 5.77. The second-order valence-corrected chi connectivity index (χ2v) is 7.62. The van der Waals surface area contributed by atoms with Crippen molar-refractivity contribution in [2.75, 3.05) is 44.2 Å². The summed E-state index contributed by atoms with van der Waals surface area (Å²) in [6.45, 7) is 5.39. The van der Waals surface area contributed by atoms with E-state index in [0.717, 1.165) is 50.4 Å². The van der Waals surface area contributed by atoms with Gasteiger partial charge in [-0.2, -0.15) is 0 Å². The second-order valence-electron chi connectivity index (χ2n) is 7.21. The lowest BCUT2D eigenvalue weighted by atomic mass is 10.2. The van der Waals surface area contributed by atoms with Crippen LogP contribution >= 0.6 is 11.6 Å². The summed E-state index contributed by atoms with van der Waals surface area (Å²) in [4.78, 5) is 19.2. The topological polar surface area (TPSA) is 26.8 Å². The van der Waals surface area contributed by atoms with E-state index in [9.17, 15) is 9.18 Å². The van der Waals surface area contributed by atoms with Crippen LogP contribution in [0.1, 0.15) is 11.1 Å². The summed E-state index contributed by atoms with van der Waals surface area (Å²) >= 11 is 6.13. The summed E-state index contributed by atoms with van der Waals surface area (Å²) in [6.07, 6.45) is 0.939. The van der Waals surface area contributed by atoms with Crippen molar-refractivity contribution in [2.45, 2.75) is 13.0 Å². The van der Waals surface area contributed by atoms with Crippen molar-refractivity contribution in [1.82, 2.24) is 9.80 Å². The predicted octanol–water partition coefficient (Wildman–Crippen LogP) is 3.19. The predicted molar refractivity (Wildman–Crippen MR) is 106 cm³/mol. The molecule has 0 radical (unpaired) electrons. The van der Waals surface area contributed by atoms with Crippen LogP contribution < -0.4 is 4.90 Å². The zero-order valence-electron chi connectivity index (χ0n) is 15.2. The average molecular weight is 388 g/mol. The SMILES string of the molecule is O=C(CN1CCN(Cc2ccc(F)cc2Cl)CC1)N1CCc2ccccc21. The first kappa shape index (κ1) is 18.4. The first-order valence-electron chi connectivity index (χ1n) is 9.37. The Kier molecular flexibility index (Phi) is 5.43. The van der Waals surface area contributed by atoms with E-state index in [1.807, 2.05) is 23.1 Å². The van der Waals surface area contributed by atoms with Crippen LogP contribution in [0, 0.1) is 5.82 Å². The van der Waals surface area contributed by atoms with Crippen LogP contribution in [0.3, 0.4) is 0 Å². The Balaban J connectivity index is 1.29. The normalized spacial score (nSPS) is 17.9. The molecule has 4 nitrogen and oxygen atoms in total. The molecule has 1 saturated heterocycles. The molecule has 0 spiro atoms. The van der Waals surface area contributed by atoms with Gasteiger partial charge in [-0.1, -0.05) is 35.9 Å². The van der Waals surface area contributed by atoms with E-state index in [1.54, 1.807) is 6.07 Å². The van der Waals surface area contributed by atoms with Crippen LogP contribution in [0.15, 0.2) is 42.5 Å². The number of carbonyl (C=O) groups is 1. The fraction of sp³-hybridized carbons (Fsp3) is 0.381. The molecular weight excluding hydrogens is 365 g/mol. The maximum absolute atomic E-state index is 13.2. The molecule has 2 aromatic rings. The highest BCUT2D eigenvalue weighted by molar-refractivity contribution is 6.31. The first-order valence-corrected chi connectivity index (χ1v) is 9.75. The van der Waals surface area contributed by atoms with E-state index >= 15 is 0 Å². The molecule has 0 saturated carbocycles.